The van der Waals surface area contributed by atoms with E-state index in [4.69, 9.17) is 4.43 Å². The van der Waals surface area contributed by atoms with Gasteiger partial charge in [-0.25, -0.2) is 0 Å². The van der Waals surface area contributed by atoms with Gasteiger partial charge in [-0.3, -0.25) is 0 Å². The van der Waals surface area contributed by atoms with E-state index in [-0.39, 0.29) is 11.5 Å². The molecule has 0 spiro atoms. The highest BCUT2D eigenvalue weighted by molar-refractivity contribution is 5.98. The summed E-state index contributed by atoms with van der Waals surface area (Å²) in [4.78, 5) is 0. The first-order chi connectivity index (χ1) is 8.65. The molecular formula is C16H20OSi. The second-order valence-electron chi connectivity index (χ2n) is 5.06. The van der Waals surface area contributed by atoms with Gasteiger partial charge in [-0.2, -0.15) is 0 Å². The van der Waals surface area contributed by atoms with Crippen molar-refractivity contribution in [1.29, 1.82) is 0 Å². The van der Waals surface area contributed by atoms with Crippen LogP contribution in [0.3, 0.4) is 0 Å². The Morgan fingerprint density at radius 1 is 0.833 bits per heavy atom. The zero-order chi connectivity index (χ0) is 13.0. The minimum Gasteiger partial charge on any atom is -0.422 e. The minimum absolute atomic E-state index is 0.172. The fourth-order valence-corrected chi connectivity index (χ4v) is 2.64. The molecule has 2 heteroatoms. The van der Waals surface area contributed by atoms with E-state index in [1.807, 2.05) is 0 Å². The van der Waals surface area contributed by atoms with Crippen molar-refractivity contribution in [2.45, 2.75) is 25.4 Å². The van der Waals surface area contributed by atoms with E-state index >= 15 is 0 Å². The second kappa shape index (κ2) is 5.51. The summed E-state index contributed by atoms with van der Waals surface area (Å²) in [5, 5.41) is 0. The Morgan fingerprint density at radius 3 is 1.56 bits per heavy atom. The van der Waals surface area contributed by atoms with Crippen molar-refractivity contribution >= 4 is 10.5 Å². The summed E-state index contributed by atoms with van der Waals surface area (Å²) in [6, 6.07) is 21.2. The summed E-state index contributed by atoms with van der Waals surface area (Å²) in [7, 11) is 0.747. The molecule has 94 valence electrons. The highest BCUT2D eigenvalue weighted by atomic mass is 28.2. The average molecular weight is 256 g/mol. The summed E-state index contributed by atoms with van der Waals surface area (Å²) >= 11 is 0. The minimum atomic E-state index is -0.172. The standard InChI is InChI=1S/C16H20OSi/c1-16(2,17-18)15(13-9-5-3-6-10-13)14-11-7-4-8-12-14/h3-12,15H,1-2,18H3. The fraction of sp³-hybridized carbons (Fsp3) is 0.250. The third-order valence-corrected chi connectivity index (χ3v) is 4.54. The molecule has 0 unspecified atom stereocenters. The number of hydrogen-bond donors (Lipinski definition) is 0. The van der Waals surface area contributed by atoms with Crippen LogP contribution in [-0.4, -0.2) is 16.1 Å². The Morgan fingerprint density at radius 2 is 1.22 bits per heavy atom. The van der Waals surface area contributed by atoms with Gasteiger partial charge in [0.05, 0.1) is 5.60 Å². The van der Waals surface area contributed by atoms with Crippen LogP contribution in [0.2, 0.25) is 0 Å². The third-order valence-electron chi connectivity index (χ3n) is 3.49. The van der Waals surface area contributed by atoms with E-state index in [0.29, 0.717) is 0 Å². The van der Waals surface area contributed by atoms with Crippen molar-refractivity contribution < 1.29 is 4.43 Å². The van der Waals surface area contributed by atoms with Crippen LogP contribution in [-0.2, 0) is 4.43 Å². The molecule has 0 aromatic heterocycles. The Balaban J connectivity index is 2.49. The first-order valence-corrected chi connectivity index (χ1v) is 7.12. The molecule has 0 aliphatic rings. The van der Waals surface area contributed by atoms with Crippen LogP contribution in [0.15, 0.2) is 60.7 Å². The lowest BCUT2D eigenvalue weighted by Crippen LogP contribution is -2.32. The zero-order valence-corrected chi connectivity index (χ0v) is 13.3. The van der Waals surface area contributed by atoms with Gasteiger partial charge in [0.2, 0.25) is 0 Å². The molecule has 0 bridgehead atoms. The van der Waals surface area contributed by atoms with Crippen LogP contribution in [0.25, 0.3) is 0 Å². The molecule has 18 heavy (non-hydrogen) atoms. The molecule has 1 nitrogen and oxygen atoms in total. The monoisotopic (exact) mass is 256 g/mol. The zero-order valence-electron chi connectivity index (χ0n) is 11.3. The van der Waals surface area contributed by atoms with Gasteiger partial charge in [0.1, 0.15) is 10.5 Å². The Kier molecular flexibility index (Phi) is 3.99. The van der Waals surface area contributed by atoms with E-state index in [9.17, 15) is 0 Å². The Hall–Kier alpha value is -1.38. The SMILES string of the molecule is CC(C)(O[SiH3])C(c1ccccc1)c1ccccc1. The highest BCUT2D eigenvalue weighted by Crippen LogP contribution is 2.36. The van der Waals surface area contributed by atoms with E-state index in [2.05, 4.69) is 74.5 Å². The number of rotatable bonds is 4. The van der Waals surface area contributed by atoms with Crippen LogP contribution in [0.5, 0.6) is 0 Å². The van der Waals surface area contributed by atoms with E-state index in [1.54, 1.807) is 0 Å². The van der Waals surface area contributed by atoms with Crippen molar-refractivity contribution in [1.82, 2.24) is 0 Å². The van der Waals surface area contributed by atoms with Crippen molar-refractivity contribution in [3.05, 3.63) is 71.8 Å². The molecule has 0 N–H and O–H groups in total. The molecule has 2 rings (SSSR count). The second-order valence-corrected chi connectivity index (χ2v) is 5.47. The van der Waals surface area contributed by atoms with E-state index in [1.165, 1.54) is 11.1 Å². The van der Waals surface area contributed by atoms with Gasteiger partial charge >= 0.3 is 0 Å². The summed E-state index contributed by atoms with van der Waals surface area (Å²) in [6.07, 6.45) is 0. The highest BCUT2D eigenvalue weighted by Gasteiger charge is 2.31. The van der Waals surface area contributed by atoms with Gasteiger partial charge in [0, 0.05) is 5.92 Å². The van der Waals surface area contributed by atoms with E-state index < -0.39 is 0 Å². The Labute approximate surface area is 112 Å². The predicted octanol–water partition coefficient (Wildman–Crippen LogP) is 2.89. The first kappa shape index (κ1) is 13.1. The van der Waals surface area contributed by atoms with Gasteiger partial charge in [0.25, 0.3) is 0 Å². The lowest BCUT2D eigenvalue weighted by molar-refractivity contribution is 0.104. The van der Waals surface area contributed by atoms with Crippen LogP contribution in [0.4, 0.5) is 0 Å². The normalized spacial score (nSPS) is 11.9. The van der Waals surface area contributed by atoms with Gasteiger partial charge in [-0.05, 0) is 25.0 Å². The molecule has 0 amide bonds. The van der Waals surface area contributed by atoms with Gasteiger partial charge in [-0.15, -0.1) is 0 Å². The summed E-state index contributed by atoms with van der Waals surface area (Å²) in [5.74, 6) is 0.275. The smallest absolute Gasteiger partial charge is 0.146 e. The van der Waals surface area contributed by atoms with Gasteiger partial charge in [0.15, 0.2) is 0 Å². The fourth-order valence-electron chi connectivity index (χ4n) is 2.40. The number of hydrogen-bond acceptors (Lipinski definition) is 1. The molecule has 2 aromatic rings. The van der Waals surface area contributed by atoms with Crippen LogP contribution in [0, 0.1) is 0 Å². The third kappa shape index (κ3) is 2.71. The van der Waals surface area contributed by atoms with Gasteiger partial charge in [-0.1, -0.05) is 60.7 Å². The topological polar surface area (TPSA) is 9.23 Å². The number of benzene rings is 2. The molecule has 0 saturated heterocycles. The maximum absolute atomic E-state index is 5.85. The van der Waals surface area contributed by atoms with Gasteiger partial charge < -0.3 is 4.43 Å². The summed E-state index contributed by atoms with van der Waals surface area (Å²) in [5.41, 5.74) is 2.45. The maximum Gasteiger partial charge on any atom is 0.146 e. The molecule has 0 atom stereocenters. The summed E-state index contributed by atoms with van der Waals surface area (Å²) in [6.45, 7) is 4.34. The first-order valence-electron chi connectivity index (χ1n) is 6.30. The van der Waals surface area contributed by atoms with Crippen LogP contribution < -0.4 is 0 Å². The quantitative estimate of drug-likeness (QED) is 0.764. The summed E-state index contributed by atoms with van der Waals surface area (Å²) < 4.78 is 5.85. The molecule has 0 aliphatic carbocycles. The van der Waals surface area contributed by atoms with Crippen LogP contribution in [0.1, 0.15) is 30.9 Å². The van der Waals surface area contributed by atoms with Crippen molar-refractivity contribution in [2.75, 3.05) is 0 Å². The molecule has 0 radical (unpaired) electrons. The van der Waals surface area contributed by atoms with Crippen molar-refractivity contribution in [3.63, 3.8) is 0 Å². The van der Waals surface area contributed by atoms with Crippen LogP contribution >= 0.6 is 0 Å². The van der Waals surface area contributed by atoms with E-state index in [0.717, 1.165) is 10.5 Å². The molecule has 2 aromatic carbocycles. The molecule has 0 fully saturated rings. The lowest BCUT2D eigenvalue weighted by Gasteiger charge is -2.34. The lowest BCUT2D eigenvalue weighted by atomic mass is 9.79. The largest absolute Gasteiger partial charge is 0.422 e. The molecule has 0 saturated carbocycles. The molecule has 0 aliphatic heterocycles. The van der Waals surface area contributed by atoms with Crippen molar-refractivity contribution in [2.24, 2.45) is 0 Å². The predicted molar refractivity (Wildman–Crippen MR) is 79.8 cm³/mol. The van der Waals surface area contributed by atoms with Crippen molar-refractivity contribution in [3.8, 4) is 0 Å². The molecule has 0 heterocycles. The average Bonchev–Trinajstić information content (AvgIpc) is 2.41. The molecular weight excluding hydrogens is 236 g/mol. The Bertz CT molecular complexity index is 439. The maximum atomic E-state index is 5.85.